The summed E-state index contributed by atoms with van der Waals surface area (Å²) in [4.78, 5) is 8.47. The first kappa shape index (κ1) is 16.3. The van der Waals surface area contributed by atoms with E-state index in [1.165, 1.54) is 0 Å². The van der Waals surface area contributed by atoms with Gasteiger partial charge in [0.2, 0.25) is 5.88 Å². The number of hydrogen-bond donors (Lipinski definition) is 2. The van der Waals surface area contributed by atoms with Crippen molar-refractivity contribution in [1.29, 1.82) is 0 Å². The molecule has 5 nitrogen and oxygen atoms in total. The lowest BCUT2D eigenvalue weighted by Gasteiger charge is -2.14. The van der Waals surface area contributed by atoms with Crippen molar-refractivity contribution >= 4 is 5.96 Å². The van der Waals surface area contributed by atoms with Crippen molar-refractivity contribution in [1.82, 2.24) is 15.6 Å². The number of rotatable bonds is 7. The Bertz CT molecular complexity index is 418. The smallest absolute Gasteiger partial charge is 0.218 e. The Morgan fingerprint density at radius 2 is 2.20 bits per heavy atom. The van der Waals surface area contributed by atoms with Crippen LogP contribution in [0.3, 0.4) is 0 Å². The minimum absolute atomic E-state index is 0.579. The highest BCUT2D eigenvalue weighted by Gasteiger charge is 2.05. The highest BCUT2D eigenvalue weighted by atomic mass is 16.5. The maximum absolute atomic E-state index is 5.64. The van der Waals surface area contributed by atoms with Crippen LogP contribution in [0.1, 0.15) is 32.8 Å². The van der Waals surface area contributed by atoms with E-state index in [2.05, 4.69) is 41.4 Å². The van der Waals surface area contributed by atoms with Crippen molar-refractivity contribution in [2.24, 2.45) is 10.9 Å². The second-order valence-electron chi connectivity index (χ2n) is 5.02. The van der Waals surface area contributed by atoms with Crippen LogP contribution in [0.25, 0.3) is 0 Å². The molecule has 0 atom stereocenters. The lowest BCUT2D eigenvalue weighted by molar-refractivity contribution is 0.301. The van der Waals surface area contributed by atoms with E-state index in [1.54, 1.807) is 13.2 Å². The van der Waals surface area contributed by atoms with Gasteiger partial charge in [-0.15, -0.1) is 0 Å². The van der Waals surface area contributed by atoms with Crippen LogP contribution in [0.15, 0.2) is 23.3 Å². The van der Waals surface area contributed by atoms with Gasteiger partial charge in [-0.25, -0.2) is 4.98 Å². The Morgan fingerprint density at radius 3 is 2.85 bits per heavy atom. The second-order valence-corrected chi connectivity index (χ2v) is 5.02. The van der Waals surface area contributed by atoms with Gasteiger partial charge in [0.1, 0.15) is 0 Å². The van der Waals surface area contributed by atoms with E-state index in [9.17, 15) is 0 Å². The number of guanidine groups is 1. The summed E-state index contributed by atoms with van der Waals surface area (Å²) in [6.45, 7) is 8.63. The first-order valence-electron chi connectivity index (χ1n) is 7.18. The molecule has 0 amide bonds. The summed E-state index contributed by atoms with van der Waals surface area (Å²) in [7, 11) is 1.77. The van der Waals surface area contributed by atoms with Crippen molar-refractivity contribution in [2.75, 3.05) is 20.2 Å². The molecule has 0 radical (unpaired) electrons. The Labute approximate surface area is 121 Å². The molecule has 1 aromatic rings. The molecule has 0 aliphatic carbocycles. The van der Waals surface area contributed by atoms with Gasteiger partial charge in [-0.3, -0.25) is 4.99 Å². The predicted octanol–water partition coefficient (Wildman–Crippen LogP) is 2.19. The molecular weight excluding hydrogens is 252 g/mol. The van der Waals surface area contributed by atoms with Crippen LogP contribution < -0.4 is 15.4 Å². The molecule has 0 spiro atoms. The number of nitrogens with zero attached hydrogens (tertiary/aromatic N) is 2. The van der Waals surface area contributed by atoms with Gasteiger partial charge >= 0.3 is 0 Å². The Kier molecular flexibility index (Phi) is 7.47. The molecule has 0 aromatic carbocycles. The summed E-state index contributed by atoms with van der Waals surface area (Å²) >= 11 is 0. The molecule has 5 heteroatoms. The summed E-state index contributed by atoms with van der Waals surface area (Å²) in [6.07, 6.45) is 2.72. The van der Waals surface area contributed by atoms with Crippen molar-refractivity contribution in [3.05, 3.63) is 23.9 Å². The standard InChI is InChI=1S/C15H26N4O/c1-5-9-20-14-13(7-6-8-17-14)11-19-15(16-4)18-10-12(2)3/h6-8,12H,5,9-11H2,1-4H3,(H2,16,18,19). The van der Waals surface area contributed by atoms with E-state index in [0.717, 1.165) is 24.5 Å². The average Bonchev–Trinajstić information content (AvgIpc) is 2.46. The molecule has 1 rings (SSSR count). The molecule has 112 valence electrons. The third kappa shape index (κ3) is 5.91. The van der Waals surface area contributed by atoms with Crippen molar-refractivity contribution < 1.29 is 4.74 Å². The van der Waals surface area contributed by atoms with Crippen LogP contribution in [0.2, 0.25) is 0 Å². The SMILES string of the molecule is CCCOc1ncccc1CNC(=NC)NCC(C)C. The maximum Gasteiger partial charge on any atom is 0.218 e. The first-order valence-corrected chi connectivity index (χ1v) is 7.18. The van der Waals surface area contributed by atoms with E-state index in [0.29, 0.717) is 24.9 Å². The van der Waals surface area contributed by atoms with Crippen molar-refractivity contribution in [3.63, 3.8) is 0 Å². The highest BCUT2D eigenvalue weighted by Crippen LogP contribution is 2.14. The monoisotopic (exact) mass is 278 g/mol. The Balaban J connectivity index is 2.55. The molecule has 0 bridgehead atoms. The van der Waals surface area contributed by atoms with Gasteiger partial charge in [0.15, 0.2) is 5.96 Å². The van der Waals surface area contributed by atoms with Gasteiger partial charge in [-0.2, -0.15) is 0 Å². The van der Waals surface area contributed by atoms with Crippen LogP contribution in [0.5, 0.6) is 5.88 Å². The van der Waals surface area contributed by atoms with Gasteiger partial charge in [0.25, 0.3) is 0 Å². The zero-order valence-electron chi connectivity index (χ0n) is 12.9. The molecular formula is C15H26N4O. The van der Waals surface area contributed by atoms with Crippen LogP contribution >= 0.6 is 0 Å². The van der Waals surface area contributed by atoms with E-state index in [-0.39, 0.29) is 0 Å². The van der Waals surface area contributed by atoms with Crippen LogP contribution in [-0.2, 0) is 6.54 Å². The van der Waals surface area contributed by atoms with Crippen molar-refractivity contribution in [3.8, 4) is 5.88 Å². The third-order valence-electron chi connectivity index (χ3n) is 2.64. The Morgan fingerprint density at radius 1 is 1.40 bits per heavy atom. The van der Waals surface area contributed by atoms with E-state index < -0.39 is 0 Å². The maximum atomic E-state index is 5.64. The summed E-state index contributed by atoms with van der Waals surface area (Å²) < 4.78 is 5.64. The van der Waals surface area contributed by atoms with E-state index in [1.807, 2.05) is 12.1 Å². The molecule has 1 heterocycles. The highest BCUT2D eigenvalue weighted by molar-refractivity contribution is 5.79. The molecule has 0 aliphatic heterocycles. The molecule has 0 fully saturated rings. The van der Waals surface area contributed by atoms with E-state index >= 15 is 0 Å². The fraction of sp³-hybridized carbons (Fsp3) is 0.600. The quantitative estimate of drug-likeness (QED) is 0.593. The molecule has 0 saturated heterocycles. The fourth-order valence-corrected chi connectivity index (χ4v) is 1.59. The number of aliphatic imine (C=N–C) groups is 1. The number of nitrogens with one attached hydrogen (secondary N) is 2. The zero-order chi connectivity index (χ0) is 14.8. The number of ether oxygens (including phenoxy) is 1. The van der Waals surface area contributed by atoms with Gasteiger partial charge in [0.05, 0.1) is 6.61 Å². The van der Waals surface area contributed by atoms with Gasteiger partial charge < -0.3 is 15.4 Å². The molecule has 2 N–H and O–H groups in total. The minimum atomic E-state index is 0.579. The fourth-order valence-electron chi connectivity index (χ4n) is 1.59. The summed E-state index contributed by atoms with van der Waals surface area (Å²) in [5.74, 6) is 2.07. The van der Waals surface area contributed by atoms with E-state index in [4.69, 9.17) is 4.74 Å². The zero-order valence-corrected chi connectivity index (χ0v) is 12.9. The lowest BCUT2D eigenvalue weighted by atomic mass is 10.2. The molecule has 0 aliphatic rings. The normalized spacial score (nSPS) is 11.6. The molecule has 20 heavy (non-hydrogen) atoms. The number of aromatic nitrogens is 1. The first-order chi connectivity index (χ1) is 9.67. The largest absolute Gasteiger partial charge is 0.477 e. The van der Waals surface area contributed by atoms with Crippen molar-refractivity contribution in [2.45, 2.75) is 33.7 Å². The summed E-state index contributed by atoms with van der Waals surface area (Å²) in [6, 6.07) is 3.93. The second kappa shape index (κ2) is 9.18. The molecule has 1 aromatic heterocycles. The number of hydrogen-bond acceptors (Lipinski definition) is 3. The Hall–Kier alpha value is -1.78. The average molecular weight is 278 g/mol. The molecule has 0 saturated carbocycles. The van der Waals surface area contributed by atoms with Gasteiger partial charge in [-0.05, 0) is 18.4 Å². The molecule has 0 unspecified atom stereocenters. The topological polar surface area (TPSA) is 58.5 Å². The summed E-state index contributed by atoms with van der Waals surface area (Å²) in [5, 5.41) is 6.56. The van der Waals surface area contributed by atoms with Crippen LogP contribution in [0.4, 0.5) is 0 Å². The van der Waals surface area contributed by atoms with Gasteiger partial charge in [-0.1, -0.05) is 26.8 Å². The third-order valence-corrected chi connectivity index (χ3v) is 2.64. The lowest BCUT2D eigenvalue weighted by Crippen LogP contribution is -2.38. The predicted molar refractivity (Wildman–Crippen MR) is 83.1 cm³/mol. The minimum Gasteiger partial charge on any atom is -0.477 e. The van der Waals surface area contributed by atoms with Crippen LogP contribution in [0, 0.1) is 5.92 Å². The van der Waals surface area contributed by atoms with Crippen LogP contribution in [-0.4, -0.2) is 31.1 Å². The van der Waals surface area contributed by atoms with Gasteiger partial charge in [0, 0.05) is 31.9 Å². The number of pyridine rings is 1. The summed E-state index contributed by atoms with van der Waals surface area (Å²) in [5.41, 5.74) is 1.04.